The zero-order valence-corrected chi connectivity index (χ0v) is 8.61. The van der Waals surface area contributed by atoms with Gasteiger partial charge in [0.2, 0.25) is 0 Å². The first-order valence-electron chi connectivity index (χ1n) is 4.47. The molecule has 0 N–H and O–H groups in total. The summed E-state index contributed by atoms with van der Waals surface area (Å²) in [6.45, 7) is 0.655. The van der Waals surface area contributed by atoms with E-state index in [0.717, 1.165) is 12.8 Å². The second-order valence-electron chi connectivity index (χ2n) is 3.20. The molecule has 1 aliphatic heterocycles. The van der Waals surface area contributed by atoms with Gasteiger partial charge in [-0.2, -0.15) is 0 Å². The van der Waals surface area contributed by atoms with Crippen LogP contribution in [0.4, 0.5) is 0 Å². The van der Waals surface area contributed by atoms with Crippen molar-refractivity contribution in [2.45, 2.75) is 18.9 Å². The molecule has 1 aliphatic rings. The first-order chi connectivity index (χ1) is 6.64. The van der Waals surface area contributed by atoms with E-state index in [-0.39, 0.29) is 24.2 Å². The van der Waals surface area contributed by atoms with E-state index in [2.05, 4.69) is 10.0 Å². The van der Waals surface area contributed by atoms with Crippen molar-refractivity contribution in [2.24, 2.45) is 5.11 Å². The molecule has 0 aliphatic carbocycles. The summed E-state index contributed by atoms with van der Waals surface area (Å²) in [5.41, 5.74) is 7.99. The molecule has 0 amide bonds. The molecular formula is C7H13N3O3S. The summed E-state index contributed by atoms with van der Waals surface area (Å²) in [7, 11) is -3.13. The van der Waals surface area contributed by atoms with E-state index in [9.17, 15) is 8.42 Å². The van der Waals surface area contributed by atoms with Crippen LogP contribution < -0.4 is 0 Å². The van der Waals surface area contributed by atoms with Crippen molar-refractivity contribution < 1.29 is 13.2 Å². The third-order valence-corrected chi connectivity index (χ3v) is 3.71. The van der Waals surface area contributed by atoms with Gasteiger partial charge in [-0.3, -0.25) is 0 Å². The zero-order valence-electron chi connectivity index (χ0n) is 7.79. The highest BCUT2D eigenvalue weighted by molar-refractivity contribution is 7.91. The van der Waals surface area contributed by atoms with Crippen molar-refractivity contribution in [1.82, 2.24) is 0 Å². The molecule has 14 heavy (non-hydrogen) atoms. The second-order valence-corrected chi connectivity index (χ2v) is 5.43. The van der Waals surface area contributed by atoms with E-state index >= 15 is 0 Å². The van der Waals surface area contributed by atoms with E-state index in [1.807, 2.05) is 0 Å². The van der Waals surface area contributed by atoms with Gasteiger partial charge in [0.15, 0.2) is 9.84 Å². The smallest absolute Gasteiger partial charge is 0.152 e. The highest BCUT2D eigenvalue weighted by atomic mass is 32.2. The molecule has 80 valence electrons. The lowest BCUT2D eigenvalue weighted by Gasteiger charge is -2.08. The molecule has 1 saturated heterocycles. The van der Waals surface area contributed by atoms with Crippen molar-refractivity contribution in [3.63, 3.8) is 0 Å². The van der Waals surface area contributed by atoms with E-state index in [1.54, 1.807) is 0 Å². The Morgan fingerprint density at radius 2 is 2.36 bits per heavy atom. The maximum Gasteiger partial charge on any atom is 0.152 e. The van der Waals surface area contributed by atoms with Gasteiger partial charge in [0.05, 0.1) is 17.6 Å². The minimum Gasteiger partial charge on any atom is -0.377 e. The first kappa shape index (κ1) is 11.3. The molecule has 0 aromatic heterocycles. The summed E-state index contributed by atoms with van der Waals surface area (Å²) in [5, 5.41) is 3.19. The SMILES string of the molecule is [N-]=[N+]=NCCS(=O)(=O)CC1CCCO1. The Bertz CT molecular complexity index is 315. The van der Waals surface area contributed by atoms with Gasteiger partial charge in [-0.15, -0.1) is 0 Å². The Balaban J connectivity index is 2.36. The highest BCUT2D eigenvalue weighted by Crippen LogP contribution is 2.14. The Kier molecular flexibility index (Phi) is 4.19. The van der Waals surface area contributed by atoms with Crippen LogP contribution in [0.2, 0.25) is 0 Å². The van der Waals surface area contributed by atoms with Gasteiger partial charge >= 0.3 is 0 Å². The van der Waals surface area contributed by atoms with Gasteiger partial charge in [-0.05, 0) is 18.4 Å². The van der Waals surface area contributed by atoms with Crippen LogP contribution in [0.25, 0.3) is 10.4 Å². The fourth-order valence-electron chi connectivity index (χ4n) is 1.37. The third-order valence-electron chi connectivity index (χ3n) is 2.03. The predicted octanol–water partition coefficient (Wildman–Crippen LogP) is 0.891. The van der Waals surface area contributed by atoms with Crippen LogP contribution in [0, 0.1) is 0 Å². The Morgan fingerprint density at radius 3 is 2.93 bits per heavy atom. The number of hydrogen-bond acceptors (Lipinski definition) is 4. The van der Waals surface area contributed by atoms with Crippen LogP contribution in [0.3, 0.4) is 0 Å². The van der Waals surface area contributed by atoms with E-state index in [1.165, 1.54) is 0 Å². The molecule has 0 aromatic rings. The third kappa shape index (κ3) is 3.95. The standard InChI is InChI=1S/C7H13N3O3S/c8-10-9-3-5-14(11,12)6-7-2-1-4-13-7/h7H,1-6H2. The van der Waals surface area contributed by atoms with Crippen molar-refractivity contribution in [2.75, 3.05) is 24.7 Å². The van der Waals surface area contributed by atoms with Gasteiger partial charge in [0.1, 0.15) is 0 Å². The van der Waals surface area contributed by atoms with Crippen LogP contribution in [0.15, 0.2) is 5.11 Å². The van der Waals surface area contributed by atoms with Crippen molar-refractivity contribution in [1.29, 1.82) is 0 Å². The average molecular weight is 219 g/mol. The van der Waals surface area contributed by atoms with Gasteiger partial charge in [-0.1, -0.05) is 5.11 Å². The molecule has 1 rings (SSSR count). The van der Waals surface area contributed by atoms with Crippen molar-refractivity contribution in [3.8, 4) is 0 Å². The molecule has 0 radical (unpaired) electrons. The van der Waals surface area contributed by atoms with Crippen LogP contribution in [-0.2, 0) is 14.6 Å². The van der Waals surface area contributed by atoms with Gasteiger partial charge < -0.3 is 4.74 Å². The second kappa shape index (κ2) is 5.19. The van der Waals surface area contributed by atoms with Crippen LogP contribution >= 0.6 is 0 Å². The lowest BCUT2D eigenvalue weighted by molar-refractivity contribution is 0.127. The fraction of sp³-hybridized carbons (Fsp3) is 1.00. The quantitative estimate of drug-likeness (QED) is 0.390. The van der Waals surface area contributed by atoms with Crippen molar-refractivity contribution >= 4 is 9.84 Å². The highest BCUT2D eigenvalue weighted by Gasteiger charge is 2.22. The molecule has 1 fully saturated rings. The number of nitrogens with zero attached hydrogens (tertiary/aromatic N) is 3. The van der Waals surface area contributed by atoms with Crippen LogP contribution in [-0.4, -0.2) is 39.2 Å². The zero-order chi connectivity index (χ0) is 10.4. The maximum atomic E-state index is 11.4. The molecule has 1 heterocycles. The topological polar surface area (TPSA) is 92.1 Å². The number of rotatable bonds is 5. The Hall–Kier alpha value is -0.780. The minimum atomic E-state index is -3.13. The van der Waals surface area contributed by atoms with Crippen LogP contribution in [0.5, 0.6) is 0 Å². The van der Waals surface area contributed by atoms with Gasteiger partial charge in [-0.25, -0.2) is 8.42 Å². The van der Waals surface area contributed by atoms with Gasteiger partial charge in [0.25, 0.3) is 0 Å². The molecule has 0 bridgehead atoms. The number of azide groups is 1. The average Bonchev–Trinajstić information content (AvgIpc) is 2.56. The molecule has 6 nitrogen and oxygen atoms in total. The first-order valence-corrected chi connectivity index (χ1v) is 6.29. The number of sulfone groups is 1. The van der Waals surface area contributed by atoms with Gasteiger partial charge in [0, 0.05) is 18.1 Å². The number of ether oxygens (including phenoxy) is 1. The Labute approximate surface area is 82.8 Å². The normalized spacial score (nSPS) is 21.9. The van der Waals surface area contributed by atoms with Crippen LogP contribution in [0.1, 0.15) is 12.8 Å². The molecule has 0 saturated carbocycles. The Morgan fingerprint density at radius 1 is 1.57 bits per heavy atom. The van der Waals surface area contributed by atoms with E-state index in [0.29, 0.717) is 6.61 Å². The monoisotopic (exact) mass is 219 g/mol. The lowest BCUT2D eigenvalue weighted by atomic mass is 10.3. The van der Waals surface area contributed by atoms with Crippen molar-refractivity contribution in [3.05, 3.63) is 10.4 Å². The summed E-state index contributed by atoms with van der Waals surface area (Å²) in [4.78, 5) is 2.50. The lowest BCUT2D eigenvalue weighted by Crippen LogP contribution is -2.23. The summed E-state index contributed by atoms with van der Waals surface area (Å²) >= 11 is 0. The minimum absolute atomic E-state index is 0.00551. The largest absolute Gasteiger partial charge is 0.377 e. The fourth-order valence-corrected chi connectivity index (χ4v) is 2.72. The molecular weight excluding hydrogens is 206 g/mol. The summed E-state index contributed by atoms with van der Waals surface area (Å²) < 4.78 is 28.0. The predicted molar refractivity (Wildman–Crippen MR) is 51.6 cm³/mol. The summed E-state index contributed by atoms with van der Waals surface area (Å²) in [6.07, 6.45) is 1.57. The molecule has 0 aromatic carbocycles. The van der Waals surface area contributed by atoms with E-state index in [4.69, 9.17) is 10.3 Å². The molecule has 0 spiro atoms. The summed E-state index contributed by atoms with van der Waals surface area (Å²) in [5.74, 6) is -0.0368. The number of hydrogen-bond donors (Lipinski definition) is 0. The molecule has 1 atom stereocenters. The molecule has 7 heteroatoms. The molecule has 1 unspecified atom stereocenters. The summed E-state index contributed by atoms with van der Waals surface area (Å²) in [6, 6.07) is 0. The van der Waals surface area contributed by atoms with E-state index < -0.39 is 9.84 Å². The maximum absolute atomic E-state index is 11.4.